The minimum atomic E-state index is -1.40. The summed E-state index contributed by atoms with van der Waals surface area (Å²) < 4.78 is 5.08. The second kappa shape index (κ2) is 2.44. The third-order valence-corrected chi connectivity index (χ3v) is 1.53. The molecule has 0 aromatic carbocycles. The quantitative estimate of drug-likeness (QED) is 0.638. The first-order chi connectivity index (χ1) is 6.20. The monoisotopic (exact) mass is 180 g/mol. The zero-order valence-electron chi connectivity index (χ0n) is 6.30. The zero-order chi connectivity index (χ0) is 9.42. The number of nitrogens with zero attached hydrogens (tertiary/aromatic N) is 2. The molecule has 2 aromatic rings. The van der Waals surface area contributed by atoms with Crippen molar-refractivity contribution in [2.75, 3.05) is 0 Å². The van der Waals surface area contributed by atoms with Crippen LogP contribution in [0.25, 0.3) is 11.2 Å². The number of carbonyl (C=O) groups is 1. The Kier molecular flexibility index (Phi) is 1.42. The Morgan fingerprint density at radius 3 is 3.08 bits per heavy atom. The summed E-state index contributed by atoms with van der Waals surface area (Å²) >= 11 is 0. The molecule has 6 heteroatoms. The third kappa shape index (κ3) is 0.994. The molecular weight excluding hydrogens is 176 g/mol. The van der Waals surface area contributed by atoms with E-state index in [2.05, 4.69) is 9.40 Å². The van der Waals surface area contributed by atoms with Crippen molar-refractivity contribution in [3.05, 3.63) is 28.9 Å². The van der Waals surface area contributed by atoms with Gasteiger partial charge in [0, 0.05) is 6.20 Å². The van der Waals surface area contributed by atoms with Crippen LogP contribution in [-0.2, 0) is 0 Å². The molecule has 0 atom stereocenters. The van der Waals surface area contributed by atoms with Crippen LogP contribution < -0.4 is 5.76 Å². The summed E-state index contributed by atoms with van der Waals surface area (Å²) in [6, 6.07) is 3.03. The van der Waals surface area contributed by atoms with E-state index in [4.69, 9.17) is 5.11 Å². The molecule has 13 heavy (non-hydrogen) atoms. The van der Waals surface area contributed by atoms with E-state index in [1.54, 1.807) is 6.07 Å². The lowest BCUT2D eigenvalue weighted by Gasteiger charge is -1.89. The molecule has 0 bridgehead atoms. The second-order valence-corrected chi connectivity index (χ2v) is 2.31. The number of fused-ring (bicyclic) bond motifs is 1. The van der Waals surface area contributed by atoms with Crippen molar-refractivity contribution >= 4 is 17.3 Å². The maximum atomic E-state index is 11.0. The number of oxazole rings is 1. The van der Waals surface area contributed by atoms with Crippen LogP contribution in [0.2, 0.25) is 0 Å². The Hall–Kier alpha value is -2.11. The SMILES string of the molecule is O=C(O)n1c(=O)oc2cccnc21. The lowest BCUT2D eigenvalue weighted by Crippen LogP contribution is -2.21. The first-order valence-electron chi connectivity index (χ1n) is 3.40. The summed E-state index contributed by atoms with van der Waals surface area (Å²) in [7, 11) is 0. The lowest BCUT2D eigenvalue weighted by molar-refractivity contribution is 0.195. The summed E-state index contributed by atoms with van der Waals surface area (Å²) in [6.07, 6.45) is -0.0149. The average Bonchev–Trinajstić information content (AvgIpc) is 2.39. The molecule has 1 N–H and O–H groups in total. The van der Waals surface area contributed by atoms with Crippen LogP contribution in [0.3, 0.4) is 0 Å². The number of pyridine rings is 1. The van der Waals surface area contributed by atoms with Crippen LogP contribution in [0, 0.1) is 0 Å². The fourth-order valence-corrected chi connectivity index (χ4v) is 1.02. The first-order valence-corrected chi connectivity index (χ1v) is 3.40. The van der Waals surface area contributed by atoms with E-state index in [0.29, 0.717) is 4.57 Å². The van der Waals surface area contributed by atoms with Crippen LogP contribution in [0.5, 0.6) is 0 Å². The van der Waals surface area contributed by atoms with Gasteiger partial charge in [0.25, 0.3) is 0 Å². The van der Waals surface area contributed by atoms with Gasteiger partial charge in [-0.15, -0.1) is 0 Å². The van der Waals surface area contributed by atoms with Gasteiger partial charge in [-0.1, -0.05) is 0 Å². The molecule has 0 unspecified atom stereocenters. The molecule has 0 amide bonds. The molecule has 0 aliphatic rings. The Balaban J connectivity index is 2.95. The molecule has 0 fully saturated rings. The Morgan fingerprint density at radius 1 is 1.62 bits per heavy atom. The molecule has 6 nitrogen and oxygen atoms in total. The number of aromatic nitrogens is 2. The smallest absolute Gasteiger partial charge is 0.431 e. The standard InChI is InChI=1S/C7H4N2O4/c10-6(11)9-5-4(13-7(9)12)2-1-3-8-5/h1-3H,(H,10,11). The fourth-order valence-electron chi connectivity index (χ4n) is 1.02. The highest BCUT2D eigenvalue weighted by molar-refractivity contribution is 5.80. The number of carboxylic acid groups (broad SMARTS) is 1. The van der Waals surface area contributed by atoms with Crippen molar-refractivity contribution in [3.8, 4) is 0 Å². The second-order valence-electron chi connectivity index (χ2n) is 2.31. The largest absolute Gasteiger partial charge is 0.464 e. The molecule has 0 radical (unpaired) electrons. The topological polar surface area (TPSA) is 85.3 Å². The van der Waals surface area contributed by atoms with Gasteiger partial charge in [0.05, 0.1) is 0 Å². The maximum Gasteiger partial charge on any atom is 0.431 e. The molecule has 2 aromatic heterocycles. The Labute approximate surface area is 71.0 Å². The van der Waals surface area contributed by atoms with Crippen LogP contribution >= 0.6 is 0 Å². The van der Waals surface area contributed by atoms with E-state index in [1.807, 2.05) is 0 Å². The maximum absolute atomic E-state index is 11.0. The van der Waals surface area contributed by atoms with Gasteiger partial charge in [-0.2, -0.15) is 4.57 Å². The highest BCUT2D eigenvalue weighted by Gasteiger charge is 2.14. The number of hydrogen-bond donors (Lipinski definition) is 1. The van der Waals surface area contributed by atoms with Crippen molar-refractivity contribution in [2.45, 2.75) is 0 Å². The molecule has 0 saturated carbocycles. The Morgan fingerprint density at radius 2 is 2.38 bits per heavy atom. The Bertz CT molecular complexity index is 525. The summed E-state index contributed by atoms with van der Waals surface area (Å²) in [4.78, 5) is 25.2. The minimum absolute atomic E-state index is 0.0139. The van der Waals surface area contributed by atoms with E-state index in [-0.39, 0.29) is 11.2 Å². The summed E-state index contributed by atoms with van der Waals surface area (Å²) in [5.74, 6) is -0.943. The molecule has 0 aliphatic heterocycles. The van der Waals surface area contributed by atoms with Crippen LogP contribution in [-0.4, -0.2) is 20.8 Å². The van der Waals surface area contributed by atoms with Gasteiger partial charge in [0.2, 0.25) is 0 Å². The van der Waals surface area contributed by atoms with E-state index >= 15 is 0 Å². The predicted molar refractivity (Wildman–Crippen MR) is 41.7 cm³/mol. The molecular formula is C7H4N2O4. The van der Waals surface area contributed by atoms with Crippen LogP contribution in [0.1, 0.15) is 0 Å². The number of hydrogen-bond acceptors (Lipinski definition) is 4. The molecule has 0 aliphatic carbocycles. The molecule has 0 saturated heterocycles. The van der Waals surface area contributed by atoms with Crippen LogP contribution in [0.4, 0.5) is 4.79 Å². The van der Waals surface area contributed by atoms with Crippen molar-refractivity contribution in [1.29, 1.82) is 0 Å². The fraction of sp³-hybridized carbons (Fsp3) is 0. The number of rotatable bonds is 0. The highest BCUT2D eigenvalue weighted by atomic mass is 16.4. The lowest BCUT2D eigenvalue weighted by atomic mass is 10.5. The van der Waals surface area contributed by atoms with Crippen molar-refractivity contribution in [2.24, 2.45) is 0 Å². The highest BCUT2D eigenvalue weighted by Crippen LogP contribution is 2.07. The van der Waals surface area contributed by atoms with Gasteiger partial charge >= 0.3 is 11.8 Å². The van der Waals surface area contributed by atoms with E-state index in [0.717, 1.165) is 0 Å². The van der Waals surface area contributed by atoms with Gasteiger partial charge in [0.1, 0.15) is 0 Å². The third-order valence-electron chi connectivity index (χ3n) is 1.53. The zero-order valence-corrected chi connectivity index (χ0v) is 6.30. The average molecular weight is 180 g/mol. The normalized spacial score (nSPS) is 10.5. The summed E-state index contributed by atoms with van der Waals surface area (Å²) in [5.41, 5.74) is 0.176. The van der Waals surface area contributed by atoms with Gasteiger partial charge in [-0.3, -0.25) is 0 Å². The molecule has 66 valence electrons. The molecule has 0 spiro atoms. The van der Waals surface area contributed by atoms with E-state index in [9.17, 15) is 9.59 Å². The van der Waals surface area contributed by atoms with E-state index < -0.39 is 11.8 Å². The van der Waals surface area contributed by atoms with Crippen molar-refractivity contribution in [1.82, 2.24) is 9.55 Å². The van der Waals surface area contributed by atoms with Crippen molar-refractivity contribution in [3.63, 3.8) is 0 Å². The molecule has 2 heterocycles. The van der Waals surface area contributed by atoms with Crippen molar-refractivity contribution < 1.29 is 14.3 Å². The van der Waals surface area contributed by atoms with Crippen LogP contribution in [0.15, 0.2) is 27.5 Å². The van der Waals surface area contributed by atoms with Gasteiger partial charge < -0.3 is 9.52 Å². The predicted octanol–water partition coefficient (Wildman–Crippen LogP) is 0.516. The summed E-state index contributed by atoms with van der Waals surface area (Å²) in [6.45, 7) is 0. The molecule has 2 rings (SSSR count). The van der Waals surface area contributed by atoms with E-state index in [1.165, 1.54) is 12.3 Å². The van der Waals surface area contributed by atoms with Gasteiger partial charge in [-0.25, -0.2) is 14.6 Å². The van der Waals surface area contributed by atoms with Gasteiger partial charge in [-0.05, 0) is 12.1 Å². The van der Waals surface area contributed by atoms with Gasteiger partial charge in [0.15, 0.2) is 11.2 Å². The first kappa shape index (κ1) is 7.53. The summed E-state index contributed by atoms with van der Waals surface area (Å²) in [5, 5.41) is 8.62. The minimum Gasteiger partial charge on any atom is -0.464 e.